The summed E-state index contributed by atoms with van der Waals surface area (Å²) in [5.41, 5.74) is 0. The van der Waals surface area contributed by atoms with Gasteiger partial charge in [-0.15, -0.1) is 0 Å². The molecule has 5 nitrogen and oxygen atoms in total. The first-order chi connectivity index (χ1) is 4.52. The molecule has 0 spiro atoms. The molecule has 0 aromatic carbocycles. The van der Waals surface area contributed by atoms with E-state index in [-0.39, 0.29) is 29.6 Å². The Morgan fingerprint density at radius 2 is 2.00 bits per heavy atom. The zero-order chi connectivity index (χ0) is 8.15. The minimum Gasteiger partial charge on any atom is -0.740 e. The van der Waals surface area contributed by atoms with Crippen LogP contribution in [0.25, 0.3) is 0 Å². The van der Waals surface area contributed by atoms with E-state index in [2.05, 4.69) is 4.18 Å². The molecule has 58 valence electrons. The van der Waals surface area contributed by atoms with Gasteiger partial charge in [-0.05, 0) is 6.92 Å². The monoisotopic (exact) mass is 188 g/mol. The van der Waals surface area contributed by atoms with Crippen molar-refractivity contribution in [2.75, 3.05) is 0 Å². The van der Waals surface area contributed by atoms with Gasteiger partial charge in [0.1, 0.15) is 23.6 Å². The average molecular weight is 188 g/mol. The number of carbonyl (C=O) groups is 2. The van der Waals surface area contributed by atoms with Gasteiger partial charge < -0.3 is 8.74 Å². The molecule has 0 bridgehead atoms. The van der Waals surface area contributed by atoms with Crippen LogP contribution in [0.2, 0.25) is 0 Å². The largest absolute Gasteiger partial charge is 1.00 e. The van der Waals surface area contributed by atoms with Crippen molar-refractivity contribution in [2.45, 2.75) is 13.3 Å². The summed E-state index contributed by atoms with van der Waals surface area (Å²) in [6, 6.07) is 0. The van der Waals surface area contributed by atoms with Crippen LogP contribution in [0.1, 0.15) is 13.3 Å². The van der Waals surface area contributed by atoms with E-state index < -0.39 is 29.5 Å². The van der Waals surface area contributed by atoms with Gasteiger partial charge in [-0.1, -0.05) is 0 Å². The van der Waals surface area contributed by atoms with Crippen LogP contribution in [-0.2, 0) is 25.1 Å². The number of hydrogen-bond acceptors (Lipinski definition) is 5. The van der Waals surface area contributed by atoms with E-state index in [1.165, 1.54) is 0 Å². The molecule has 0 fully saturated rings. The van der Waals surface area contributed by atoms with Gasteiger partial charge in [-0.2, -0.15) is 0 Å². The van der Waals surface area contributed by atoms with E-state index in [1.807, 2.05) is 0 Å². The first-order valence-corrected chi connectivity index (χ1v) is 3.32. The van der Waals surface area contributed by atoms with Gasteiger partial charge in [0.25, 0.3) is 0 Å². The topological polar surface area (TPSA) is 83.5 Å². The first-order valence-electron chi connectivity index (χ1n) is 2.32. The third-order valence-corrected chi connectivity index (χ3v) is 0.876. The fourth-order valence-electron chi connectivity index (χ4n) is 0.309. The van der Waals surface area contributed by atoms with Crippen LogP contribution < -0.4 is 29.6 Å². The van der Waals surface area contributed by atoms with Crippen LogP contribution in [-0.4, -0.2) is 20.5 Å². The molecule has 0 aliphatic heterocycles. The molecule has 7 heteroatoms. The maximum Gasteiger partial charge on any atom is 1.00 e. The van der Waals surface area contributed by atoms with Crippen molar-refractivity contribution < 1.29 is 52.1 Å². The molecular weight excluding hydrogens is 183 g/mol. The van der Waals surface area contributed by atoms with Crippen LogP contribution in [0.15, 0.2) is 0 Å². The van der Waals surface area contributed by atoms with Crippen molar-refractivity contribution in [3.63, 3.8) is 0 Å². The summed E-state index contributed by atoms with van der Waals surface area (Å²) in [6.45, 7) is 1.16. The number of rotatable bonds is 3. The van der Waals surface area contributed by atoms with Gasteiger partial charge in [0.15, 0.2) is 0 Å². The molecule has 0 radical (unpaired) electrons. The van der Waals surface area contributed by atoms with E-state index in [9.17, 15) is 18.4 Å². The Balaban J connectivity index is 0. The Kier molecular flexibility index (Phi) is 8.70. The van der Waals surface area contributed by atoms with Gasteiger partial charge in [0.2, 0.25) is 0 Å². The zero-order valence-corrected chi connectivity index (χ0v) is 8.97. The standard InChI is InChI=1S/C4H6O5S.Na/c1-3(5)2-4(6)9-10(7)8;/h2H2,1H3,(H,7,8);/q;+1/p-1. The van der Waals surface area contributed by atoms with E-state index in [0.29, 0.717) is 0 Å². The molecule has 1 unspecified atom stereocenters. The van der Waals surface area contributed by atoms with Gasteiger partial charge >= 0.3 is 35.5 Å². The average Bonchev–Trinajstić information content (AvgIpc) is 1.58. The fraction of sp³-hybridized carbons (Fsp3) is 0.500. The smallest absolute Gasteiger partial charge is 0.740 e. The van der Waals surface area contributed by atoms with E-state index in [1.54, 1.807) is 0 Å². The molecule has 0 heterocycles. The Bertz CT molecular complexity index is 161. The molecule has 0 rings (SSSR count). The van der Waals surface area contributed by atoms with Gasteiger partial charge in [-0.25, -0.2) is 4.21 Å². The summed E-state index contributed by atoms with van der Waals surface area (Å²) in [5, 5.41) is 0. The maximum atomic E-state index is 10.2. The van der Waals surface area contributed by atoms with Gasteiger partial charge in [0, 0.05) is 0 Å². The minimum absolute atomic E-state index is 0. The molecule has 0 saturated carbocycles. The second kappa shape index (κ2) is 6.93. The molecule has 0 aromatic rings. The Morgan fingerprint density at radius 3 is 2.27 bits per heavy atom. The van der Waals surface area contributed by atoms with Crippen molar-refractivity contribution in [3.05, 3.63) is 0 Å². The molecule has 11 heavy (non-hydrogen) atoms. The molecule has 1 atom stereocenters. The fourth-order valence-corrected chi connectivity index (χ4v) is 0.519. The SMILES string of the molecule is CC(=O)CC(=O)OS(=O)[O-].[Na+]. The van der Waals surface area contributed by atoms with Crippen molar-refractivity contribution in [3.8, 4) is 0 Å². The summed E-state index contributed by atoms with van der Waals surface area (Å²) in [6.07, 6.45) is -0.506. The predicted octanol–water partition coefficient (Wildman–Crippen LogP) is -3.69. The predicted molar refractivity (Wildman–Crippen MR) is 30.3 cm³/mol. The van der Waals surface area contributed by atoms with Crippen LogP contribution in [0.5, 0.6) is 0 Å². The molecule has 0 aromatic heterocycles. The third kappa shape index (κ3) is 10.2. The van der Waals surface area contributed by atoms with E-state index in [4.69, 9.17) is 0 Å². The number of carbonyl (C=O) groups excluding carboxylic acids is 2. The summed E-state index contributed by atoms with van der Waals surface area (Å²) in [4.78, 5) is 20.4. The maximum absolute atomic E-state index is 10.2. The first kappa shape index (κ1) is 13.8. The number of hydrogen-bond donors (Lipinski definition) is 0. The number of ketones is 1. The molecular formula is C4H5NaO5S. The van der Waals surface area contributed by atoms with Crippen LogP contribution in [0, 0.1) is 0 Å². The molecule has 0 N–H and O–H groups in total. The van der Waals surface area contributed by atoms with E-state index >= 15 is 0 Å². The van der Waals surface area contributed by atoms with Crippen molar-refractivity contribution >= 4 is 23.1 Å². The van der Waals surface area contributed by atoms with Crippen molar-refractivity contribution in [1.29, 1.82) is 0 Å². The summed E-state index contributed by atoms with van der Waals surface area (Å²) >= 11 is -2.86. The van der Waals surface area contributed by atoms with Crippen molar-refractivity contribution in [1.82, 2.24) is 0 Å². The van der Waals surface area contributed by atoms with Crippen LogP contribution in [0.4, 0.5) is 0 Å². The summed E-state index contributed by atoms with van der Waals surface area (Å²) in [7, 11) is 0. The van der Waals surface area contributed by atoms with Crippen LogP contribution in [0.3, 0.4) is 0 Å². The third-order valence-electron chi connectivity index (χ3n) is 0.554. The number of Topliss-reactive ketones (excluding diaryl/α,β-unsaturated/α-hetero) is 1. The molecule has 0 aliphatic carbocycles. The van der Waals surface area contributed by atoms with Gasteiger partial charge in [0.05, 0.1) is 0 Å². The van der Waals surface area contributed by atoms with Crippen molar-refractivity contribution in [2.24, 2.45) is 0 Å². The summed E-state index contributed by atoms with van der Waals surface area (Å²) in [5.74, 6) is -1.49. The quantitative estimate of drug-likeness (QED) is 0.258. The molecule has 0 amide bonds. The second-order valence-electron chi connectivity index (χ2n) is 1.54. The Morgan fingerprint density at radius 1 is 1.55 bits per heavy atom. The summed E-state index contributed by atoms with van der Waals surface area (Å²) < 4.78 is 22.9. The van der Waals surface area contributed by atoms with Gasteiger partial charge in [-0.3, -0.25) is 9.59 Å². The molecule has 0 saturated heterocycles. The Hall–Kier alpha value is 0.250. The molecule has 0 aliphatic rings. The second-order valence-corrected chi connectivity index (χ2v) is 2.11. The Labute approximate surface area is 88.3 Å². The normalized spacial score (nSPS) is 11.1. The zero-order valence-electron chi connectivity index (χ0n) is 6.16. The van der Waals surface area contributed by atoms with Crippen LogP contribution >= 0.6 is 0 Å². The van der Waals surface area contributed by atoms with E-state index in [0.717, 1.165) is 6.92 Å². The minimum atomic E-state index is -2.86.